The third kappa shape index (κ3) is 8.53. The van der Waals surface area contributed by atoms with Crippen molar-refractivity contribution in [3.05, 3.63) is 83.2 Å². The van der Waals surface area contributed by atoms with Crippen LogP contribution in [-0.4, -0.2) is 76.2 Å². The minimum atomic E-state index is -3.37. The average Bonchev–Trinajstić information content (AvgIpc) is 3.01. The van der Waals surface area contributed by atoms with Gasteiger partial charge in [0.15, 0.2) is 27.9 Å². The molecule has 11 nitrogen and oxygen atoms in total. The molecule has 1 saturated heterocycles. The van der Waals surface area contributed by atoms with Gasteiger partial charge in [0.05, 0.1) is 24.5 Å². The van der Waals surface area contributed by atoms with Crippen molar-refractivity contribution in [3.63, 3.8) is 0 Å². The van der Waals surface area contributed by atoms with E-state index in [2.05, 4.69) is 10.6 Å². The standard InChI is InChI=1S/C33H36FN3O8S/c1-43-29-9-5-21-6-10-31(38)35-18-23-13-24(34)17-25(14-23)45-28-11-12-37(19-27(28)36-32(39)20-44-30(29)15-21)33(40)16-22-3-7-26(8-4-22)46(2,41)42/h3-5,7-9,13-15,17,27-28H,6,10-12,16,18-20H2,1-2H3,(H,35,38)(H,36,39)/t27-,28-/m1/s1. The van der Waals surface area contributed by atoms with Crippen LogP contribution in [0.1, 0.15) is 29.5 Å². The van der Waals surface area contributed by atoms with Crippen LogP contribution in [0.4, 0.5) is 4.39 Å². The normalized spacial score (nSPS) is 19.2. The highest BCUT2D eigenvalue weighted by Crippen LogP contribution is 2.29. The quantitative estimate of drug-likeness (QED) is 0.438. The topological polar surface area (TPSA) is 140 Å². The summed E-state index contributed by atoms with van der Waals surface area (Å²) in [5.41, 5.74) is 1.97. The third-order valence-electron chi connectivity index (χ3n) is 7.89. The molecular formula is C33H36FN3O8S. The van der Waals surface area contributed by atoms with Crippen LogP contribution in [0.2, 0.25) is 0 Å². The second-order valence-corrected chi connectivity index (χ2v) is 13.4. The number of benzene rings is 3. The van der Waals surface area contributed by atoms with Crippen LogP contribution in [-0.2, 0) is 43.6 Å². The highest BCUT2D eigenvalue weighted by molar-refractivity contribution is 7.90. The predicted octanol–water partition coefficient (Wildman–Crippen LogP) is 2.59. The van der Waals surface area contributed by atoms with Crippen LogP contribution in [0, 0.1) is 5.82 Å². The van der Waals surface area contributed by atoms with Gasteiger partial charge in [-0.15, -0.1) is 0 Å². The van der Waals surface area contributed by atoms with Crippen molar-refractivity contribution in [1.82, 2.24) is 15.5 Å². The van der Waals surface area contributed by atoms with Gasteiger partial charge in [0, 0.05) is 44.8 Å². The number of amides is 3. The Kier molecular flexibility index (Phi) is 10.1. The molecule has 244 valence electrons. The minimum Gasteiger partial charge on any atom is -0.493 e. The van der Waals surface area contributed by atoms with E-state index in [1.807, 2.05) is 6.07 Å². The van der Waals surface area contributed by atoms with E-state index in [-0.39, 0.29) is 55.0 Å². The number of ether oxygens (including phenoxy) is 3. The fourth-order valence-electron chi connectivity index (χ4n) is 5.47. The molecular weight excluding hydrogens is 617 g/mol. The molecule has 2 heterocycles. The summed E-state index contributed by atoms with van der Waals surface area (Å²) in [5.74, 6) is -0.415. The number of piperidine rings is 1. The number of halogens is 1. The molecule has 1 fully saturated rings. The second-order valence-electron chi connectivity index (χ2n) is 11.4. The predicted molar refractivity (Wildman–Crippen MR) is 166 cm³/mol. The Morgan fingerprint density at radius 2 is 1.80 bits per heavy atom. The Hall–Kier alpha value is -4.65. The highest BCUT2D eigenvalue weighted by atomic mass is 32.2. The second kappa shape index (κ2) is 14.2. The number of carbonyl (C=O) groups is 3. The lowest BCUT2D eigenvalue weighted by molar-refractivity contribution is -0.135. The fourth-order valence-corrected chi connectivity index (χ4v) is 6.10. The molecule has 0 unspecified atom stereocenters. The van der Waals surface area contributed by atoms with E-state index in [1.165, 1.54) is 31.4 Å². The van der Waals surface area contributed by atoms with E-state index >= 15 is 0 Å². The largest absolute Gasteiger partial charge is 0.493 e. The number of nitrogens with one attached hydrogen (secondary N) is 2. The number of fused-ring (bicyclic) bond motifs is 5. The van der Waals surface area contributed by atoms with E-state index in [9.17, 15) is 27.2 Å². The lowest BCUT2D eigenvalue weighted by atomic mass is 10.0. The van der Waals surface area contributed by atoms with Crippen molar-refractivity contribution in [2.45, 2.75) is 49.3 Å². The van der Waals surface area contributed by atoms with E-state index in [0.717, 1.165) is 11.8 Å². The molecule has 0 radical (unpaired) electrons. The van der Waals surface area contributed by atoms with Crippen molar-refractivity contribution in [3.8, 4) is 17.2 Å². The summed E-state index contributed by atoms with van der Waals surface area (Å²) in [6.07, 6.45) is 1.48. The Balaban J connectivity index is 1.37. The Morgan fingerprint density at radius 3 is 2.54 bits per heavy atom. The molecule has 0 spiro atoms. The number of aryl methyl sites for hydroxylation is 1. The zero-order chi connectivity index (χ0) is 32.8. The lowest BCUT2D eigenvalue weighted by Gasteiger charge is -2.39. The van der Waals surface area contributed by atoms with Crippen LogP contribution in [0.25, 0.3) is 0 Å². The number of methoxy groups -OCH3 is 1. The Morgan fingerprint density at radius 1 is 1.02 bits per heavy atom. The van der Waals surface area contributed by atoms with Gasteiger partial charge in [-0.3, -0.25) is 14.4 Å². The number of carbonyl (C=O) groups excluding carboxylic acids is 3. The Labute approximate surface area is 266 Å². The van der Waals surface area contributed by atoms with Gasteiger partial charge in [-0.2, -0.15) is 0 Å². The molecule has 0 aliphatic carbocycles. The van der Waals surface area contributed by atoms with E-state index in [0.29, 0.717) is 42.0 Å². The molecule has 4 bridgehead atoms. The Bertz CT molecular complexity index is 1710. The molecule has 5 rings (SSSR count). The van der Waals surface area contributed by atoms with Crippen molar-refractivity contribution < 1.29 is 41.4 Å². The molecule has 3 aromatic rings. The smallest absolute Gasteiger partial charge is 0.258 e. The van der Waals surface area contributed by atoms with Crippen LogP contribution in [0.5, 0.6) is 17.2 Å². The van der Waals surface area contributed by atoms with E-state index < -0.39 is 33.7 Å². The first kappa shape index (κ1) is 32.7. The van der Waals surface area contributed by atoms with Crippen LogP contribution >= 0.6 is 0 Å². The molecule has 46 heavy (non-hydrogen) atoms. The maximum atomic E-state index is 14.6. The summed E-state index contributed by atoms with van der Waals surface area (Å²) in [6, 6.07) is 14.9. The van der Waals surface area contributed by atoms with Gasteiger partial charge in [0.2, 0.25) is 11.8 Å². The average molecular weight is 654 g/mol. The van der Waals surface area contributed by atoms with Crippen molar-refractivity contribution in [2.24, 2.45) is 0 Å². The molecule has 0 saturated carbocycles. The van der Waals surface area contributed by atoms with Gasteiger partial charge in [0.25, 0.3) is 5.91 Å². The zero-order valence-corrected chi connectivity index (χ0v) is 26.4. The van der Waals surface area contributed by atoms with Gasteiger partial charge in [-0.25, -0.2) is 12.8 Å². The summed E-state index contributed by atoms with van der Waals surface area (Å²) in [4.78, 5) is 40.8. The summed E-state index contributed by atoms with van der Waals surface area (Å²) >= 11 is 0. The number of sulfone groups is 1. The van der Waals surface area contributed by atoms with Crippen LogP contribution in [0.15, 0.2) is 65.6 Å². The first-order valence-electron chi connectivity index (χ1n) is 14.9. The van der Waals surface area contributed by atoms with E-state index in [1.54, 1.807) is 35.2 Å². The summed E-state index contributed by atoms with van der Waals surface area (Å²) in [7, 11) is -1.88. The maximum Gasteiger partial charge on any atom is 0.258 e. The van der Waals surface area contributed by atoms with Gasteiger partial charge >= 0.3 is 0 Å². The van der Waals surface area contributed by atoms with Crippen LogP contribution in [0.3, 0.4) is 0 Å². The minimum absolute atomic E-state index is 0.0362. The number of likely N-dealkylation sites (tertiary alicyclic amines) is 1. The van der Waals surface area contributed by atoms with Gasteiger partial charge in [0.1, 0.15) is 17.7 Å². The van der Waals surface area contributed by atoms with Gasteiger partial charge in [-0.05, 0) is 59.5 Å². The van der Waals surface area contributed by atoms with Gasteiger partial charge in [-0.1, -0.05) is 18.2 Å². The molecule has 3 aromatic carbocycles. The summed E-state index contributed by atoms with van der Waals surface area (Å²) in [6.45, 7) is 0.181. The fraction of sp³-hybridized carbons (Fsp3) is 0.364. The number of rotatable bonds is 4. The molecule has 0 aromatic heterocycles. The number of hydrogen-bond donors (Lipinski definition) is 2. The molecule has 13 heteroatoms. The highest BCUT2D eigenvalue weighted by Gasteiger charge is 2.34. The summed E-state index contributed by atoms with van der Waals surface area (Å²) < 4.78 is 55.6. The molecule has 2 aliphatic heterocycles. The molecule has 2 atom stereocenters. The van der Waals surface area contributed by atoms with Gasteiger partial charge < -0.3 is 29.7 Å². The zero-order valence-electron chi connectivity index (χ0n) is 25.6. The number of nitrogens with zero attached hydrogens (tertiary/aromatic N) is 1. The summed E-state index contributed by atoms with van der Waals surface area (Å²) in [5, 5.41) is 5.74. The lowest BCUT2D eigenvalue weighted by Crippen LogP contribution is -2.58. The number of hydrogen-bond acceptors (Lipinski definition) is 8. The van der Waals surface area contributed by atoms with Crippen molar-refractivity contribution in [2.75, 3.05) is 33.1 Å². The monoisotopic (exact) mass is 653 g/mol. The van der Waals surface area contributed by atoms with Crippen molar-refractivity contribution in [1.29, 1.82) is 0 Å². The molecule has 2 aliphatic rings. The molecule has 2 N–H and O–H groups in total. The third-order valence-corrected chi connectivity index (χ3v) is 9.02. The van der Waals surface area contributed by atoms with E-state index in [4.69, 9.17) is 14.2 Å². The SMILES string of the molecule is COc1ccc2cc1OCC(=O)N[C@@H]1CN(C(=O)Cc3ccc(S(C)(=O)=O)cc3)CC[C@H]1Oc1cc(F)cc(c1)CNC(=O)CC2. The van der Waals surface area contributed by atoms with Crippen molar-refractivity contribution >= 4 is 27.6 Å². The first-order valence-corrected chi connectivity index (χ1v) is 16.7. The maximum absolute atomic E-state index is 14.6. The first-order chi connectivity index (χ1) is 22.0. The molecule has 3 amide bonds. The van der Waals surface area contributed by atoms with Crippen LogP contribution < -0.4 is 24.8 Å².